The zero-order valence-corrected chi connectivity index (χ0v) is 15.6. The molecule has 1 aromatic heterocycles. The SMILES string of the molecule is CC(=O)c1ccc(C(=O)N2CCN(C(=O)c3ccc4c(c3)OCO4)CC2)s1. The molecule has 2 aliphatic rings. The van der Waals surface area contributed by atoms with Gasteiger partial charge in [-0.1, -0.05) is 0 Å². The molecule has 8 heteroatoms. The monoisotopic (exact) mass is 386 g/mol. The average Bonchev–Trinajstić information content (AvgIpc) is 3.36. The molecule has 0 N–H and O–H groups in total. The Labute approximate surface area is 160 Å². The van der Waals surface area contributed by atoms with E-state index in [2.05, 4.69) is 0 Å². The van der Waals surface area contributed by atoms with Crippen molar-refractivity contribution < 1.29 is 23.9 Å². The van der Waals surface area contributed by atoms with Crippen LogP contribution in [0.3, 0.4) is 0 Å². The fourth-order valence-electron chi connectivity index (χ4n) is 3.12. The number of hydrogen-bond donors (Lipinski definition) is 0. The number of rotatable bonds is 3. The third-order valence-corrected chi connectivity index (χ3v) is 5.81. The number of Topliss-reactive ketones (excluding diaryl/α,β-unsaturated/α-hetero) is 1. The van der Waals surface area contributed by atoms with Crippen molar-refractivity contribution in [3.63, 3.8) is 0 Å². The molecule has 0 bridgehead atoms. The molecule has 0 aliphatic carbocycles. The summed E-state index contributed by atoms with van der Waals surface area (Å²) < 4.78 is 10.6. The fraction of sp³-hybridized carbons (Fsp3) is 0.316. The molecule has 140 valence electrons. The van der Waals surface area contributed by atoms with Gasteiger partial charge < -0.3 is 19.3 Å². The van der Waals surface area contributed by atoms with Crippen LogP contribution in [-0.2, 0) is 0 Å². The van der Waals surface area contributed by atoms with Crippen LogP contribution >= 0.6 is 11.3 Å². The zero-order chi connectivity index (χ0) is 19.0. The van der Waals surface area contributed by atoms with E-state index in [1.165, 1.54) is 18.3 Å². The van der Waals surface area contributed by atoms with Gasteiger partial charge in [0.25, 0.3) is 11.8 Å². The van der Waals surface area contributed by atoms with Crippen LogP contribution in [0.5, 0.6) is 11.5 Å². The maximum Gasteiger partial charge on any atom is 0.264 e. The van der Waals surface area contributed by atoms with Crippen molar-refractivity contribution in [2.75, 3.05) is 33.0 Å². The number of ketones is 1. The Morgan fingerprint density at radius 3 is 2.15 bits per heavy atom. The second kappa shape index (κ2) is 7.03. The minimum Gasteiger partial charge on any atom is -0.454 e. The molecule has 3 heterocycles. The highest BCUT2D eigenvalue weighted by molar-refractivity contribution is 7.15. The highest BCUT2D eigenvalue weighted by Crippen LogP contribution is 2.33. The predicted molar refractivity (Wildman–Crippen MR) is 98.7 cm³/mol. The normalized spacial score (nSPS) is 15.7. The van der Waals surface area contributed by atoms with Crippen LogP contribution in [0.25, 0.3) is 0 Å². The minimum atomic E-state index is -0.0947. The van der Waals surface area contributed by atoms with E-state index in [0.717, 1.165) is 0 Å². The Hall–Kier alpha value is -2.87. The number of carbonyl (C=O) groups excluding carboxylic acids is 3. The summed E-state index contributed by atoms with van der Waals surface area (Å²) in [5.41, 5.74) is 0.545. The number of ether oxygens (including phenoxy) is 2. The second-order valence-corrected chi connectivity index (χ2v) is 7.46. The van der Waals surface area contributed by atoms with E-state index in [1.807, 2.05) is 0 Å². The van der Waals surface area contributed by atoms with Gasteiger partial charge in [0.15, 0.2) is 17.3 Å². The van der Waals surface area contributed by atoms with Gasteiger partial charge in [0, 0.05) is 31.7 Å². The smallest absolute Gasteiger partial charge is 0.264 e. The number of nitrogens with zero attached hydrogens (tertiary/aromatic N) is 2. The number of benzene rings is 1. The van der Waals surface area contributed by atoms with Crippen LogP contribution in [0.1, 0.15) is 36.6 Å². The molecule has 7 nitrogen and oxygen atoms in total. The Morgan fingerprint density at radius 1 is 0.852 bits per heavy atom. The summed E-state index contributed by atoms with van der Waals surface area (Å²) in [4.78, 5) is 41.3. The first kappa shape index (κ1) is 17.5. The lowest BCUT2D eigenvalue weighted by atomic mass is 10.1. The van der Waals surface area contributed by atoms with Crippen molar-refractivity contribution in [3.8, 4) is 11.5 Å². The number of amides is 2. The third-order valence-electron chi connectivity index (χ3n) is 4.64. The summed E-state index contributed by atoms with van der Waals surface area (Å²) in [6, 6.07) is 8.52. The maximum atomic E-state index is 12.7. The Balaban J connectivity index is 1.38. The molecule has 2 aromatic rings. The van der Waals surface area contributed by atoms with Gasteiger partial charge >= 0.3 is 0 Å². The summed E-state index contributed by atoms with van der Waals surface area (Å²) >= 11 is 1.21. The predicted octanol–water partition coefficient (Wildman–Crippen LogP) is 2.28. The molecule has 1 aromatic carbocycles. The fourth-order valence-corrected chi connectivity index (χ4v) is 3.99. The van der Waals surface area contributed by atoms with Gasteiger partial charge in [-0.2, -0.15) is 0 Å². The highest BCUT2D eigenvalue weighted by atomic mass is 32.1. The highest BCUT2D eigenvalue weighted by Gasteiger charge is 2.27. The third kappa shape index (κ3) is 3.40. The van der Waals surface area contributed by atoms with E-state index in [4.69, 9.17) is 9.47 Å². The summed E-state index contributed by atoms with van der Waals surface area (Å²) in [5, 5.41) is 0. The zero-order valence-electron chi connectivity index (χ0n) is 14.8. The molecule has 4 rings (SSSR count). The van der Waals surface area contributed by atoms with Crippen molar-refractivity contribution >= 4 is 28.9 Å². The molecule has 2 amide bonds. The number of carbonyl (C=O) groups is 3. The average molecular weight is 386 g/mol. The van der Waals surface area contributed by atoms with Gasteiger partial charge in [0.1, 0.15) is 0 Å². The van der Waals surface area contributed by atoms with Crippen molar-refractivity contribution in [2.24, 2.45) is 0 Å². The molecule has 27 heavy (non-hydrogen) atoms. The quantitative estimate of drug-likeness (QED) is 0.757. The lowest BCUT2D eigenvalue weighted by Gasteiger charge is -2.34. The Bertz CT molecular complexity index is 915. The molecule has 2 aliphatic heterocycles. The summed E-state index contributed by atoms with van der Waals surface area (Å²) in [6.45, 7) is 3.50. The molecule has 0 spiro atoms. The van der Waals surface area contributed by atoms with E-state index < -0.39 is 0 Å². The molecule has 0 saturated carbocycles. The Morgan fingerprint density at radius 2 is 1.48 bits per heavy atom. The van der Waals surface area contributed by atoms with E-state index in [1.54, 1.807) is 40.1 Å². The first-order chi connectivity index (χ1) is 13.0. The summed E-state index contributed by atoms with van der Waals surface area (Å²) in [5.74, 6) is 0.993. The number of piperazine rings is 1. The minimum absolute atomic E-state index is 0.0433. The van der Waals surface area contributed by atoms with E-state index in [9.17, 15) is 14.4 Å². The van der Waals surface area contributed by atoms with Crippen molar-refractivity contribution in [1.29, 1.82) is 0 Å². The first-order valence-electron chi connectivity index (χ1n) is 8.62. The maximum absolute atomic E-state index is 12.7. The lowest BCUT2D eigenvalue weighted by Crippen LogP contribution is -2.50. The topological polar surface area (TPSA) is 76.2 Å². The molecule has 1 fully saturated rings. The van der Waals surface area contributed by atoms with Gasteiger partial charge in [-0.25, -0.2) is 0 Å². The summed E-state index contributed by atoms with van der Waals surface area (Å²) in [7, 11) is 0. The van der Waals surface area contributed by atoms with Crippen molar-refractivity contribution in [3.05, 3.63) is 45.6 Å². The first-order valence-corrected chi connectivity index (χ1v) is 9.43. The number of fused-ring (bicyclic) bond motifs is 1. The van der Waals surface area contributed by atoms with Gasteiger partial charge in [0.05, 0.1) is 9.75 Å². The van der Waals surface area contributed by atoms with Gasteiger partial charge in [0.2, 0.25) is 6.79 Å². The van der Waals surface area contributed by atoms with E-state index >= 15 is 0 Å². The molecule has 0 radical (unpaired) electrons. The van der Waals surface area contributed by atoms with Gasteiger partial charge in [-0.15, -0.1) is 11.3 Å². The molecular formula is C19H18N2O5S. The van der Waals surface area contributed by atoms with Crippen LogP contribution in [0.4, 0.5) is 0 Å². The number of thiophene rings is 1. The Kier molecular flexibility index (Phi) is 4.57. The van der Waals surface area contributed by atoms with Crippen LogP contribution in [0.2, 0.25) is 0 Å². The summed E-state index contributed by atoms with van der Waals surface area (Å²) in [6.07, 6.45) is 0. The van der Waals surface area contributed by atoms with E-state index in [-0.39, 0.29) is 24.4 Å². The van der Waals surface area contributed by atoms with Gasteiger partial charge in [-0.3, -0.25) is 14.4 Å². The molecule has 0 atom stereocenters. The van der Waals surface area contributed by atoms with Gasteiger partial charge in [-0.05, 0) is 37.3 Å². The molecular weight excluding hydrogens is 368 g/mol. The van der Waals surface area contributed by atoms with Crippen molar-refractivity contribution in [2.45, 2.75) is 6.92 Å². The van der Waals surface area contributed by atoms with Crippen molar-refractivity contribution in [1.82, 2.24) is 9.80 Å². The number of hydrogen-bond acceptors (Lipinski definition) is 6. The lowest BCUT2D eigenvalue weighted by molar-refractivity contribution is 0.0538. The van der Waals surface area contributed by atoms with E-state index in [0.29, 0.717) is 53.0 Å². The van der Waals surface area contributed by atoms with Crippen LogP contribution in [0, 0.1) is 0 Å². The largest absolute Gasteiger partial charge is 0.454 e. The van der Waals surface area contributed by atoms with Crippen LogP contribution in [0.15, 0.2) is 30.3 Å². The van der Waals surface area contributed by atoms with Crippen LogP contribution < -0.4 is 9.47 Å². The van der Waals surface area contributed by atoms with Crippen LogP contribution in [-0.4, -0.2) is 60.4 Å². The standard InChI is InChI=1S/C19H18N2O5S/c1-12(22)16-4-5-17(27-16)19(24)21-8-6-20(7-9-21)18(23)13-2-3-14-15(10-13)26-11-25-14/h2-5,10H,6-9,11H2,1H3. The molecule has 1 saturated heterocycles. The second-order valence-electron chi connectivity index (χ2n) is 6.37. The molecule has 0 unspecified atom stereocenters.